The standard InChI is InChI=1S/C9H8Cl3N3/c1-9(12)2-4(13)6-5(3-9)14-7(10)8(11)15-6/h3H,2,13H2,1H3. The van der Waals surface area contributed by atoms with E-state index in [9.17, 15) is 0 Å². The Labute approximate surface area is 102 Å². The fourth-order valence-electron chi connectivity index (χ4n) is 1.54. The number of alkyl halides is 1. The number of aromatic nitrogens is 2. The molecule has 1 atom stereocenters. The summed E-state index contributed by atoms with van der Waals surface area (Å²) in [5, 5.41) is 1.48. The molecular weight excluding hydrogens is 256 g/mol. The van der Waals surface area contributed by atoms with Crippen LogP contribution in [-0.4, -0.2) is 14.8 Å². The molecule has 2 N–H and O–H groups in total. The Morgan fingerprint density at radius 3 is 2.60 bits per heavy atom. The Hall–Kier alpha value is -0.510. The Morgan fingerprint density at radius 1 is 1.33 bits per heavy atom. The van der Waals surface area contributed by atoms with Gasteiger partial charge in [0.05, 0.1) is 10.2 Å². The minimum absolute atomic E-state index is 0.157. The number of hydrogen-bond donors (Lipinski definition) is 1. The Morgan fingerprint density at radius 2 is 1.93 bits per heavy atom. The van der Waals surface area contributed by atoms with Crippen LogP contribution in [0.1, 0.15) is 13.3 Å². The molecule has 0 spiro atoms. The first-order valence-electron chi connectivity index (χ1n) is 4.28. The first kappa shape index (κ1) is 11.0. The third-order valence-electron chi connectivity index (χ3n) is 2.12. The maximum Gasteiger partial charge on any atom is 0.167 e. The van der Waals surface area contributed by atoms with Crippen LogP contribution in [0.4, 0.5) is 0 Å². The van der Waals surface area contributed by atoms with Gasteiger partial charge in [-0.3, -0.25) is 0 Å². The third-order valence-corrected chi connectivity index (χ3v) is 2.99. The first-order valence-corrected chi connectivity index (χ1v) is 5.42. The highest BCUT2D eigenvalue weighted by molar-refractivity contribution is 6.40. The van der Waals surface area contributed by atoms with Crippen LogP contribution in [0.2, 0.25) is 10.3 Å². The summed E-state index contributed by atoms with van der Waals surface area (Å²) in [4.78, 5) is 7.63. The monoisotopic (exact) mass is 263 g/mol. The molecule has 0 aliphatic heterocycles. The van der Waals surface area contributed by atoms with E-state index in [2.05, 4.69) is 9.97 Å². The molecule has 80 valence electrons. The van der Waals surface area contributed by atoms with Crippen LogP contribution in [0, 0.1) is 0 Å². The van der Waals surface area contributed by atoms with Crippen molar-refractivity contribution < 1.29 is 0 Å². The van der Waals surface area contributed by atoms with E-state index in [-0.39, 0.29) is 10.3 Å². The van der Waals surface area contributed by atoms with Crippen molar-refractivity contribution in [2.45, 2.75) is 18.2 Å². The zero-order valence-corrected chi connectivity index (χ0v) is 10.2. The van der Waals surface area contributed by atoms with E-state index >= 15 is 0 Å². The summed E-state index contributed by atoms with van der Waals surface area (Å²) in [7, 11) is 0. The molecule has 6 heteroatoms. The molecule has 0 amide bonds. The highest BCUT2D eigenvalue weighted by atomic mass is 35.5. The van der Waals surface area contributed by atoms with E-state index < -0.39 is 4.87 Å². The summed E-state index contributed by atoms with van der Waals surface area (Å²) in [6.07, 6.45) is 2.31. The fourth-order valence-corrected chi connectivity index (χ4v) is 2.04. The van der Waals surface area contributed by atoms with Gasteiger partial charge < -0.3 is 5.73 Å². The molecule has 1 aliphatic carbocycles. The van der Waals surface area contributed by atoms with Crippen molar-refractivity contribution >= 4 is 46.6 Å². The molecule has 15 heavy (non-hydrogen) atoms. The minimum Gasteiger partial charge on any atom is -0.400 e. The maximum atomic E-state index is 6.19. The summed E-state index contributed by atoms with van der Waals surface area (Å²) in [6.45, 7) is 1.86. The van der Waals surface area contributed by atoms with Crippen molar-refractivity contribution in [2.75, 3.05) is 0 Å². The second-order valence-corrected chi connectivity index (χ2v) is 5.24. The van der Waals surface area contributed by atoms with E-state index in [1.165, 1.54) is 0 Å². The normalized spacial score (nSPS) is 24.7. The van der Waals surface area contributed by atoms with E-state index in [1.54, 1.807) is 6.08 Å². The molecule has 2 rings (SSSR count). The van der Waals surface area contributed by atoms with Gasteiger partial charge in [-0.05, 0) is 13.0 Å². The highest BCUT2D eigenvalue weighted by Crippen LogP contribution is 2.25. The van der Waals surface area contributed by atoms with Crippen molar-refractivity contribution in [3.63, 3.8) is 0 Å². The van der Waals surface area contributed by atoms with Gasteiger partial charge in [-0.15, -0.1) is 11.6 Å². The van der Waals surface area contributed by atoms with Gasteiger partial charge in [0.2, 0.25) is 0 Å². The van der Waals surface area contributed by atoms with Crippen molar-refractivity contribution in [2.24, 2.45) is 5.73 Å². The Kier molecular flexibility index (Phi) is 2.57. The van der Waals surface area contributed by atoms with Crippen LogP contribution in [-0.2, 0) is 0 Å². The largest absolute Gasteiger partial charge is 0.400 e. The van der Waals surface area contributed by atoms with Crippen LogP contribution in [0.5, 0.6) is 0 Å². The summed E-state index contributed by atoms with van der Waals surface area (Å²) in [5.41, 5.74) is 6.43. The van der Waals surface area contributed by atoms with Crippen LogP contribution in [0.3, 0.4) is 0 Å². The molecule has 1 aromatic heterocycles. The van der Waals surface area contributed by atoms with E-state index in [0.717, 1.165) is 0 Å². The smallest absolute Gasteiger partial charge is 0.167 e. The van der Waals surface area contributed by atoms with Gasteiger partial charge in [0.15, 0.2) is 10.3 Å². The van der Waals surface area contributed by atoms with Crippen molar-refractivity contribution in [3.8, 4) is 0 Å². The second kappa shape index (κ2) is 3.51. The lowest BCUT2D eigenvalue weighted by Crippen LogP contribution is -2.43. The second-order valence-electron chi connectivity index (χ2n) is 3.66. The van der Waals surface area contributed by atoms with E-state index in [4.69, 9.17) is 40.5 Å². The zero-order valence-electron chi connectivity index (χ0n) is 7.89. The topological polar surface area (TPSA) is 51.8 Å². The minimum atomic E-state index is -0.539. The lowest BCUT2D eigenvalue weighted by molar-refractivity contribution is 0.805. The zero-order chi connectivity index (χ0) is 11.2. The molecule has 0 aromatic carbocycles. The average molecular weight is 265 g/mol. The van der Waals surface area contributed by atoms with Gasteiger partial charge in [0.25, 0.3) is 0 Å². The number of hydrogen-bond acceptors (Lipinski definition) is 3. The lowest BCUT2D eigenvalue weighted by atomic mass is 10.00. The van der Waals surface area contributed by atoms with E-state index in [0.29, 0.717) is 22.8 Å². The van der Waals surface area contributed by atoms with Gasteiger partial charge in [0, 0.05) is 12.1 Å². The molecule has 0 saturated carbocycles. The van der Waals surface area contributed by atoms with Crippen LogP contribution in [0.25, 0.3) is 11.8 Å². The fraction of sp³-hybridized carbons (Fsp3) is 0.333. The van der Waals surface area contributed by atoms with Crippen LogP contribution < -0.4 is 16.4 Å². The first-order chi connectivity index (χ1) is 6.89. The predicted octanol–water partition coefficient (Wildman–Crippen LogP) is 1.03. The maximum absolute atomic E-state index is 6.19. The molecule has 0 fully saturated rings. The van der Waals surface area contributed by atoms with Gasteiger partial charge in [-0.2, -0.15) is 0 Å². The molecule has 1 aliphatic rings. The molecular formula is C9H8Cl3N3. The number of nitrogens with two attached hydrogens (primary N) is 1. The molecule has 0 radical (unpaired) electrons. The predicted molar refractivity (Wildman–Crippen MR) is 62.2 cm³/mol. The van der Waals surface area contributed by atoms with E-state index in [1.807, 2.05) is 6.92 Å². The van der Waals surface area contributed by atoms with Crippen molar-refractivity contribution in [1.82, 2.24) is 9.97 Å². The Bertz CT molecular complexity index is 536. The van der Waals surface area contributed by atoms with Gasteiger partial charge in [-0.25, -0.2) is 9.97 Å². The summed E-state index contributed by atoms with van der Waals surface area (Å²) < 4.78 is 0. The SMILES string of the molecule is CC1(Cl)C=c2nc(Cl)c(Cl)nc2=C(N)C1. The number of rotatable bonds is 0. The molecule has 3 nitrogen and oxygen atoms in total. The number of nitrogens with zero attached hydrogens (tertiary/aromatic N) is 2. The van der Waals surface area contributed by atoms with Gasteiger partial charge >= 0.3 is 0 Å². The number of halogens is 3. The molecule has 1 aromatic rings. The van der Waals surface area contributed by atoms with Crippen molar-refractivity contribution in [1.29, 1.82) is 0 Å². The third kappa shape index (κ3) is 2.05. The summed E-state index contributed by atoms with van der Waals surface area (Å²) in [6, 6.07) is 0. The van der Waals surface area contributed by atoms with Gasteiger partial charge in [-0.1, -0.05) is 23.2 Å². The Balaban J connectivity index is 2.85. The van der Waals surface area contributed by atoms with Crippen LogP contribution in [0.15, 0.2) is 0 Å². The molecule has 0 saturated heterocycles. The highest BCUT2D eigenvalue weighted by Gasteiger charge is 2.23. The molecule has 1 heterocycles. The number of fused-ring (bicyclic) bond motifs is 1. The average Bonchev–Trinajstić information content (AvgIpc) is 2.07. The summed E-state index contributed by atoms with van der Waals surface area (Å²) >= 11 is 17.7. The quantitative estimate of drug-likeness (QED) is 0.712. The van der Waals surface area contributed by atoms with Crippen molar-refractivity contribution in [3.05, 3.63) is 21.0 Å². The van der Waals surface area contributed by atoms with Gasteiger partial charge in [0.1, 0.15) is 5.35 Å². The molecule has 1 unspecified atom stereocenters. The molecule has 0 bridgehead atoms. The lowest BCUT2D eigenvalue weighted by Gasteiger charge is -2.20. The summed E-state index contributed by atoms with van der Waals surface area (Å²) in [5.74, 6) is 0. The van der Waals surface area contributed by atoms with Crippen LogP contribution >= 0.6 is 34.8 Å².